The van der Waals surface area contributed by atoms with Crippen LogP contribution in [0.3, 0.4) is 0 Å². The minimum atomic E-state index is -0.790. The second-order valence-corrected chi connectivity index (χ2v) is 24.3. The van der Waals surface area contributed by atoms with Crippen LogP contribution in [0.2, 0.25) is 0 Å². The molecule has 0 fully saturated rings. The number of ether oxygens (including phenoxy) is 2. The van der Waals surface area contributed by atoms with Gasteiger partial charge in [0, 0.05) is 12.8 Å². The highest BCUT2D eigenvalue weighted by Crippen LogP contribution is 2.19. The summed E-state index contributed by atoms with van der Waals surface area (Å²) in [5.74, 6) is -0.605. The van der Waals surface area contributed by atoms with Gasteiger partial charge in [0.05, 0.1) is 6.61 Å². The molecule has 0 bridgehead atoms. The number of esters is 2. The fourth-order valence-corrected chi connectivity index (χ4v) is 10.7. The summed E-state index contributed by atoms with van der Waals surface area (Å²) in [6.07, 6.45) is 107. The number of hydrogen-bond acceptors (Lipinski definition) is 5. The van der Waals surface area contributed by atoms with E-state index < -0.39 is 6.10 Å². The highest BCUT2D eigenvalue weighted by atomic mass is 16.6. The van der Waals surface area contributed by atoms with Crippen LogP contribution in [0.15, 0.2) is 109 Å². The molecule has 0 aromatic heterocycles. The number of aliphatic hydroxyl groups excluding tert-OH is 1. The molecular formula is C79H138O5. The van der Waals surface area contributed by atoms with Crippen LogP contribution in [0.25, 0.3) is 0 Å². The molecule has 0 saturated heterocycles. The molecule has 5 nitrogen and oxygen atoms in total. The van der Waals surface area contributed by atoms with Crippen LogP contribution in [0.5, 0.6) is 0 Å². The zero-order valence-corrected chi connectivity index (χ0v) is 55.6. The lowest BCUT2D eigenvalue weighted by atomic mass is 10.0. The molecule has 0 amide bonds. The molecule has 0 aliphatic rings. The topological polar surface area (TPSA) is 72.8 Å². The lowest BCUT2D eigenvalue weighted by molar-refractivity contribution is -0.161. The monoisotopic (exact) mass is 1170 g/mol. The van der Waals surface area contributed by atoms with Crippen molar-refractivity contribution in [3.63, 3.8) is 0 Å². The van der Waals surface area contributed by atoms with Gasteiger partial charge in [0.25, 0.3) is 0 Å². The Balaban J connectivity index is 3.48. The maximum Gasteiger partial charge on any atom is 0.306 e. The Kier molecular flexibility index (Phi) is 70.8. The third-order valence-corrected chi connectivity index (χ3v) is 16.1. The van der Waals surface area contributed by atoms with E-state index in [0.717, 1.165) is 116 Å². The van der Waals surface area contributed by atoms with Gasteiger partial charge in [-0.2, -0.15) is 0 Å². The summed E-state index contributed by atoms with van der Waals surface area (Å²) in [5, 5.41) is 9.70. The van der Waals surface area contributed by atoms with Gasteiger partial charge in [-0.15, -0.1) is 0 Å². The van der Waals surface area contributed by atoms with Gasteiger partial charge >= 0.3 is 11.9 Å². The van der Waals surface area contributed by atoms with E-state index in [1.54, 1.807) is 0 Å². The predicted molar refractivity (Wildman–Crippen MR) is 371 cm³/mol. The quantitative estimate of drug-likeness (QED) is 0.0373. The Morgan fingerprint density at radius 1 is 0.286 bits per heavy atom. The number of allylic oxidation sites excluding steroid dienone is 18. The molecule has 0 heterocycles. The lowest BCUT2D eigenvalue weighted by Gasteiger charge is -2.15. The van der Waals surface area contributed by atoms with E-state index in [4.69, 9.17) is 9.47 Å². The first kappa shape index (κ1) is 80.6. The van der Waals surface area contributed by atoms with Gasteiger partial charge in [0.15, 0.2) is 6.10 Å². The van der Waals surface area contributed by atoms with Crippen LogP contribution in [-0.4, -0.2) is 36.4 Å². The zero-order chi connectivity index (χ0) is 60.5. The average Bonchev–Trinajstić information content (AvgIpc) is 3.51. The molecule has 484 valence electrons. The van der Waals surface area contributed by atoms with E-state index in [9.17, 15) is 14.7 Å². The zero-order valence-electron chi connectivity index (χ0n) is 55.6. The molecule has 0 rings (SSSR count). The standard InChI is InChI=1S/C79H138O5/c1-3-5-7-9-11-13-15-17-19-21-23-25-27-29-31-33-35-37-38-39-40-42-43-45-47-49-51-53-55-57-59-61-63-65-67-69-71-73-78(81)83-76-77(75-80)84-79(82)74-72-70-68-66-64-62-60-58-56-54-52-50-48-46-44-41-36-34-32-30-28-26-24-22-20-18-16-14-12-10-8-6-4-2/h6,8,12,14,18,20,24,26,30,32,36,41,46,48,52,54,58,60,77,80H,3-5,7,9-11,13,15-17,19,21-23,25,27-29,31,33-35,37-40,42-45,47,49-51,53,55-57,59,61-76H2,1-2H3/b8-6-,14-12-,20-18-,26-24-,32-30-,41-36-,48-46-,54-52-,60-58-. The van der Waals surface area contributed by atoms with E-state index in [0.29, 0.717) is 12.8 Å². The Labute approximate surface area is 522 Å². The van der Waals surface area contributed by atoms with Crippen molar-refractivity contribution in [1.29, 1.82) is 0 Å². The average molecular weight is 1170 g/mol. The van der Waals surface area contributed by atoms with Gasteiger partial charge in [-0.25, -0.2) is 0 Å². The van der Waals surface area contributed by atoms with Gasteiger partial charge in [0.1, 0.15) is 6.61 Å². The molecular weight excluding hydrogens is 1030 g/mol. The van der Waals surface area contributed by atoms with E-state index >= 15 is 0 Å². The first-order chi connectivity index (χ1) is 41.6. The Bertz CT molecular complexity index is 1610. The maximum absolute atomic E-state index is 12.4. The third-order valence-electron chi connectivity index (χ3n) is 16.1. The molecule has 5 heteroatoms. The molecule has 0 radical (unpaired) electrons. The molecule has 1 atom stereocenters. The minimum absolute atomic E-state index is 0.0765. The van der Waals surface area contributed by atoms with Gasteiger partial charge in [-0.1, -0.05) is 374 Å². The van der Waals surface area contributed by atoms with Gasteiger partial charge in [-0.3, -0.25) is 9.59 Å². The normalized spacial score (nSPS) is 12.8. The summed E-state index contributed by atoms with van der Waals surface area (Å²) in [6, 6.07) is 0. The first-order valence-corrected chi connectivity index (χ1v) is 36.4. The van der Waals surface area contributed by atoms with E-state index in [2.05, 4.69) is 123 Å². The van der Waals surface area contributed by atoms with Crippen LogP contribution in [-0.2, 0) is 19.1 Å². The van der Waals surface area contributed by atoms with Crippen molar-refractivity contribution in [3.8, 4) is 0 Å². The molecule has 0 aromatic rings. The fourth-order valence-electron chi connectivity index (χ4n) is 10.7. The number of carbonyl (C=O) groups is 2. The van der Waals surface area contributed by atoms with Crippen molar-refractivity contribution < 1.29 is 24.2 Å². The third kappa shape index (κ3) is 71.0. The molecule has 0 aliphatic heterocycles. The van der Waals surface area contributed by atoms with Crippen molar-refractivity contribution in [2.75, 3.05) is 13.2 Å². The fraction of sp³-hybridized carbons (Fsp3) is 0.747. The van der Waals surface area contributed by atoms with Crippen molar-refractivity contribution in [2.45, 2.75) is 367 Å². The molecule has 0 aliphatic carbocycles. The van der Waals surface area contributed by atoms with Gasteiger partial charge in [0.2, 0.25) is 0 Å². The summed E-state index contributed by atoms with van der Waals surface area (Å²) in [7, 11) is 0. The lowest BCUT2D eigenvalue weighted by Crippen LogP contribution is -2.28. The van der Waals surface area contributed by atoms with E-state index in [1.807, 2.05) is 0 Å². The molecule has 0 spiro atoms. The van der Waals surface area contributed by atoms with Crippen LogP contribution >= 0.6 is 0 Å². The molecule has 84 heavy (non-hydrogen) atoms. The number of aliphatic hydroxyl groups is 1. The van der Waals surface area contributed by atoms with Crippen molar-refractivity contribution in [2.24, 2.45) is 0 Å². The van der Waals surface area contributed by atoms with Gasteiger partial charge < -0.3 is 14.6 Å². The highest BCUT2D eigenvalue weighted by Gasteiger charge is 2.16. The van der Waals surface area contributed by atoms with Crippen LogP contribution in [0.1, 0.15) is 361 Å². The van der Waals surface area contributed by atoms with E-state index in [1.165, 1.54) is 218 Å². The summed E-state index contributed by atoms with van der Waals surface area (Å²) in [5.41, 5.74) is 0. The summed E-state index contributed by atoms with van der Waals surface area (Å²) in [6.45, 7) is 4.05. The predicted octanol–water partition coefficient (Wildman–Crippen LogP) is 25.5. The minimum Gasteiger partial charge on any atom is -0.462 e. The molecule has 0 saturated carbocycles. The highest BCUT2D eigenvalue weighted by molar-refractivity contribution is 5.70. The van der Waals surface area contributed by atoms with E-state index in [-0.39, 0.29) is 25.2 Å². The summed E-state index contributed by atoms with van der Waals surface area (Å²) in [4.78, 5) is 24.7. The van der Waals surface area contributed by atoms with Crippen molar-refractivity contribution in [3.05, 3.63) is 109 Å². The second-order valence-electron chi connectivity index (χ2n) is 24.3. The number of hydrogen-bond donors (Lipinski definition) is 1. The van der Waals surface area contributed by atoms with Crippen LogP contribution < -0.4 is 0 Å². The molecule has 1 N–H and O–H groups in total. The van der Waals surface area contributed by atoms with Crippen molar-refractivity contribution >= 4 is 11.9 Å². The number of unbranched alkanes of at least 4 members (excludes halogenated alkanes) is 41. The molecule has 0 aromatic carbocycles. The smallest absolute Gasteiger partial charge is 0.306 e. The summed E-state index contributed by atoms with van der Waals surface area (Å²) < 4.78 is 10.7. The maximum atomic E-state index is 12.4. The van der Waals surface area contributed by atoms with Gasteiger partial charge in [-0.05, 0) is 83.5 Å². The Morgan fingerprint density at radius 2 is 0.512 bits per heavy atom. The first-order valence-electron chi connectivity index (χ1n) is 36.4. The molecule has 1 unspecified atom stereocenters. The second kappa shape index (κ2) is 73.8. The number of carbonyl (C=O) groups excluding carboxylic acids is 2. The summed E-state index contributed by atoms with van der Waals surface area (Å²) >= 11 is 0. The largest absolute Gasteiger partial charge is 0.462 e. The Hall–Kier alpha value is -3.44. The van der Waals surface area contributed by atoms with Crippen LogP contribution in [0, 0.1) is 0 Å². The Morgan fingerprint density at radius 3 is 0.774 bits per heavy atom. The SMILES string of the molecule is CC/C=C\C/C=C\C/C=C\C/C=C\C/C=C\C/C=C\C/C=C\C/C=C\C/C=C\CCCCCCCC(=O)OC(CO)COC(=O)CCCCCCCCCCCCCCCCCCCCCCCCCCCCCCCCCCCCCCC. The number of rotatable bonds is 67. The van der Waals surface area contributed by atoms with Crippen molar-refractivity contribution in [1.82, 2.24) is 0 Å². The van der Waals surface area contributed by atoms with Crippen LogP contribution in [0.4, 0.5) is 0 Å².